The minimum Gasteiger partial charge on any atom is -0.410 e. The number of rotatable bonds is 14. The van der Waals surface area contributed by atoms with Crippen molar-refractivity contribution in [2.45, 2.75) is 119 Å². The second-order valence-corrected chi connectivity index (χ2v) is 33.8. The van der Waals surface area contributed by atoms with E-state index in [-0.39, 0.29) is 18.5 Å². The van der Waals surface area contributed by atoms with Crippen LogP contribution in [0.15, 0.2) is 209 Å². The van der Waals surface area contributed by atoms with E-state index >= 15 is 0 Å². The Labute approximate surface area is 621 Å². The highest BCUT2D eigenvalue weighted by Gasteiger charge is 2.40. The van der Waals surface area contributed by atoms with Crippen LogP contribution in [0.3, 0.4) is 0 Å². The highest BCUT2D eigenvalue weighted by atomic mass is 79.9. The van der Waals surface area contributed by atoms with E-state index in [1.165, 1.54) is 113 Å². The number of halogens is 7. The number of para-hydroxylation sites is 2. The van der Waals surface area contributed by atoms with Crippen LogP contribution >= 0.6 is 118 Å². The maximum absolute atomic E-state index is 5.55. The molecular formula is C80H79B2Br6FN2O2S2. The largest absolute Gasteiger partial charge is 0.494 e. The van der Waals surface area contributed by atoms with Gasteiger partial charge in [-0.15, -0.1) is 22.7 Å². The van der Waals surface area contributed by atoms with Gasteiger partial charge in [-0.25, -0.2) is 0 Å². The Hall–Kier alpha value is -4.90. The molecule has 0 bridgehead atoms. The third kappa shape index (κ3) is 15.2. The summed E-state index contributed by atoms with van der Waals surface area (Å²) in [7, 11) is 3.13. The Morgan fingerprint density at radius 1 is 0.400 bits per heavy atom. The Balaban J connectivity index is 0.000000167. The standard InChI is InChI=1S/C39H36BBr2NS.C24H13Br4NS.C17H29BO2.FH/c1-22(2)25-16-30(23(3)4)39(31(17-25)24(5)6)40-33-15-13-26(41)18-35(33)43(28-10-8-7-9-11-28)36-20-32-29-14-12-27(42)19-37(29)44-38(32)21-34(36)40;25-14-7-9-19(27)21(10-14)29(16-4-2-1-3-5-16)22-12-18-17-8-6-15(26)11-23(17)30-24(18)13-20(22)28;1-11(2)14-9-15(12(3)4)17(18(19-7)20-8)16(10-14)13(5)6;/h7-24H,1-6H3;1-13H;9-13H,1-8H3;1H. The normalized spacial score (nSPS) is 12.1. The monoisotopic (exact) mass is 1680 g/mol. The minimum atomic E-state index is -0.286. The van der Waals surface area contributed by atoms with Crippen LogP contribution in [0.25, 0.3) is 40.3 Å². The number of fused-ring (bicyclic) bond motifs is 8. The van der Waals surface area contributed by atoms with E-state index in [4.69, 9.17) is 9.31 Å². The molecule has 12 aromatic rings. The minimum absolute atomic E-state index is 0. The van der Waals surface area contributed by atoms with Crippen LogP contribution in [-0.4, -0.2) is 28.1 Å². The Morgan fingerprint density at radius 3 is 1.35 bits per heavy atom. The molecule has 13 rings (SSSR count). The van der Waals surface area contributed by atoms with Crippen LogP contribution in [-0.2, 0) is 9.31 Å². The average Bonchev–Trinajstić information content (AvgIpc) is 1.63. The maximum atomic E-state index is 5.55. The van der Waals surface area contributed by atoms with Gasteiger partial charge in [-0.05, 0) is 220 Å². The second kappa shape index (κ2) is 31.1. The van der Waals surface area contributed by atoms with Crippen molar-refractivity contribution in [3.05, 3.63) is 242 Å². The molecule has 3 heterocycles. The first kappa shape index (κ1) is 72.8. The van der Waals surface area contributed by atoms with Crippen LogP contribution in [0.5, 0.6) is 0 Å². The molecule has 0 unspecified atom stereocenters. The van der Waals surface area contributed by atoms with Crippen molar-refractivity contribution < 1.29 is 14.0 Å². The van der Waals surface area contributed by atoms with Gasteiger partial charge in [-0.2, -0.15) is 0 Å². The lowest BCUT2D eigenvalue weighted by atomic mass is 9.33. The van der Waals surface area contributed by atoms with Crippen LogP contribution in [0, 0.1) is 0 Å². The van der Waals surface area contributed by atoms with Gasteiger partial charge in [-0.1, -0.05) is 231 Å². The van der Waals surface area contributed by atoms with Crippen molar-refractivity contribution in [2.75, 3.05) is 24.0 Å². The highest BCUT2D eigenvalue weighted by Crippen LogP contribution is 2.48. The molecule has 0 atom stereocenters. The highest BCUT2D eigenvalue weighted by molar-refractivity contribution is 9.11. The zero-order valence-electron chi connectivity index (χ0n) is 56.1. The van der Waals surface area contributed by atoms with E-state index < -0.39 is 0 Å². The fourth-order valence-electron chi connectivity index (χ4n) is 13.2. The van der Waals surface area contributed by atoms with Crippen molar-refractivity contribution in [3.8, 4) is 0 Å². The van der Waals surface area contributed by atoms with E-state index in [1.807, 2.05) is 34.8 Å². The number of thiophene rings is 2. The van der Waals surface area contributed by atoms with Gasteiger partial charge < -0.3 is 19.1 Å². The summed E-state index contributed by atoms with van der Waals surface area (Å²) in [5, 5.41) is 5.16. The summed E-state index contributed by atoms with van der Waals surface area (Å²) in [6.45, 7) is 27.6. The van der Waals surface area contributed by atoms with Crippen molar-refractivity contribution >= 4 is 228 Å². The van der Waals surface area contributed by atoms with E-state index in [2.05, 4.69) is 358 Å². The van der Waals surface area contributed by atoms with Gasteiger partial charge in [0, 0.05) is 104 Å². The summed E-state index contributed by atoms with van der Waals surface area (Å²) in [5.41, 5.74) is 20.8. The molecule has 0 amide bonds. The summed E-state index contributed by atoms with van der Waals surface area (Å²) < 4.78 is 22.7. The molecule has 0 spiro atoms. The van der Waals surface area contributed by atoms with Crippen molar-refractivity contribution in [3.63, 3.8) is 0 Å². The molecule has 1 aliphatic rings. The zero-order valence-corrected chi connectivity index (χ0v) is 67.3. The molecule has 0 aliphatic carbocycles. The third-order valence-electron chi connectivity index (χ3n) is 17.9. The fraction of sp³-hybridized carbons (Fsp3) is 0.250. The lowest BCUT2D eigenvalue weighted by molar-refractivity contribution is 0.291. The van der Waals surface area contributed by atoms with Crippen molar-refractivity contribution in [1.29, 1.82) is 0 Å². The van der Waals surface area contributed by atoms with Crippen LogP contribution in [0.2, 0.25) is 0 Å². The number of benzene rings is 10. The quantitative estimate of drug-likeness (QED) is 0.101. The summed E-state index contributed by atoms with van der Waals surface area (Å²) in [6.07, 6.45) is 0. The first-order valence-electron chi connectivity index (χ1n) is 32.3. The SMILES string of the molecule is Brc1ccc(Br)c(N(c2ccccc2)c2cc3c(cc2Br)sc2cc(Br)ccc23)c1.CC(C)c1cc(C(C)C)c(B2c3ccc(Br)cc3N(c3ccccc3)c3cc4c(cc32)sc2cc(Br)ccc24)c(C(C)C)c1.COB(OC)c1c(C(C)C)cc(C(C)C)cc1C(C)C.F. The second-order valence-electron chi connectivity index (χ2n) is 26.2. The number of hydrogen-bond acceptors (Lipinski definition) is 6. The van der Waals surface area contributed by atoms with Gasteiger partial charge in [0.25, 0.3) is 0 Å². The van der Waals surface area contributed by atoms with E-state index in [9.17, 15) is 0 Å². The van der Waals surface area contributed by atoms with Gasteiger partial charge in [-0.3, -0.25) is 4.70 Å². The molecule has 4 nitrogen and oxygen atoms in total. The molecule has 0 N–H and O–H groups in total. The summed E-state index contributed by atoms with van der Waals surface area (Å²) in [4.78, 5) is 4.76. The van der Waals surface area contributed by atoms with Gasteiger partial charge in [0.05, 0.1) is 11.4 Å². The van der Waals surface area contributed by atoms with Crippen LogP contribution in [0.4, 0.5) is 38.8 Å². The van der Waals surface area contributed by atoms with Crippen molar-refractivity contribution in [2.24, 2.45) is 0 Å². The Bertz CT molecular complexity index is 4690. The molecule has 10 aromatic carbocycles. The number of anilines is 6. The molecule has 95 heavy (non-hydrogen) atoms. The van der Waals surface area contributed by atoms with Crippen molar-refractivity contribution in [1.82, 2.24) is 0 Å². The molecule has 0 saturated carbocycles. The smallest absolute Gasteiger partial charge is 0.410 e. The molecule has 488 valence electrons. The molecular weight excluding hydrogens is 1610 g/mol. The predicted molar refractivity (Wildman–Crippen MR) is 438 cm³/mol. The lowest BCUT2D eigenvalue weighted by Gasteiger charge is -2.39. The zero-order chi connectivity index (χ0) is 67.1. The molecule has 1 aliphatic heterocycles. The fourth-order valence-corrected chi connectivity index (χ4v) is 18.3. The summed E-state index contributed by atoms with van der Waals surface area (Å²) in [6, 6.07) is 66.8. The lowest BCUT2D eigenvalue weighted by Crippen LogP contribution is -2.59. The Kier molecular flexibility index (Phi) is 23.8. The van der Waals surface area contributed by atoms with Gasteiger partial charge in [0.2, 0.25) is 6.71 Å². The molecule has 0 fully saturated rings. The average molecular weight is 1680 g/mol. The van der Waals surface area contributed by atoms with Crippen LogP contribution < -0.4 is 31.7 Å². The van der Waals surface area contributed by atoms with Gasteiger partial charge in [0.15, 0.2) is 0 Å². The predicted octanol–water partition coefficient (Wildman–Crippen LogP) is 26.0. The number of nitrogens with zero attached hydrogens (tertiary/aromatic N) is 2. The molecule has 2 aromatic heterocycles. The van der Waals surface area contributed by atoms with E-state index in [1.54, 1.807) is 14.2 Å². The van der Waals surface area contributed by atoms with Gasteiger partial charge >= 0.3 is 7.12 Å². The van der Waals surface area contributed by atoms with Gasteiger partial charge in [0.1, 0.15) is 0 Å². The molecule has 0 saturated heterocycles. The summed E-state index contributed by atoms with van der Waals surface area (Å²) >= 11 is 26.1. The van der Waals surface area contributed by atoms with E-state index in [0.29, 0.717) is 35.5 Å². The summed E-state index contributed by atoms with van der Waals surface area (Å²) in [5.74, 6) is 2.72. The topological polar surface area (TPSA) is 24.9 Å². The van der Waals surface area contributed by atoms with Crippen LogP contribution in [0.1, 0.15) is 152 Å². The first-order valence-corrected chi connectivity index (χ1v) is 38.7. The number of hydrogen-bond donors (Lipinski definition) is 0. The van der Waals surface area contributed by atoms with E-state index in [0.717, 1.165) is 43.9 Å². The Morgan fingerprint density at radius 2 is 0.832 bits per heavy atom. The molecule has 15 heteroatoms. The third-order valence-corrected chi connectivity index (χ3v) is 23.4. The first-order chi connectivity index (χ1) is 45.0. The molecule has 0 radical (unpaired) electrons. The maximum Gasteiger partial charge on any atom is 0.494 e.